The van der Waals surface area contributed by atoms with Crippen LogP contribution in [0.1, 0.15) is 24.2 Å². The first-order valence-corrected chi connectivity index (χ1v) is 5.18. The van der Waals surface area contributed by atoms with Gasteiger partial charge in [-0.15, -0.1) is 0 Å². The molecule has 0 N–H and O–H groups in total. The highest BCUT2D eigenvalue weighted by molar-refractivity contribution is 5.66. The number of carbonyl (C=O) groups excluding carboxylic acids is 1. The molecule has 0 aliphatic rings. The Balaban J connectivity index is 3.16. The summed E-state index contributed by atoms with van der Waals surface area (Å²) in [7, 11) is 0. The van der Waals surface area contributed by atoms with Gasteiger partial charge in [-0.3, -0.25) is 4.79 Å². The molecule has 0 amide bonds. The number of benzene rings is 1. The van der Waals surface area contributed by atoms with Gasteiger partial charge in [0.1, 0.15) is 0 Å². The van der Waals surface area contributed by atoms with Crippen LogP contribution in [-0.4, -0.2) is 5.97 Å². The second kappa shape index (κ2) is 5.98. The van der Waals surface area contributed by atoms with Crippen LogP contribution in [0.25, 0.3) is 0 Å². The zero-order valence-corrected chi connectivity index (χ0v) is 9.97. The lowest BCUT2D eigenvalue weighted by Crippen LogP contribution is -2.11. The fourth-order valence-electron chi connectivity index (χ4n) is 1.38. The molecule has 2 nitrogen and oxygen atoms in total. The molecule has 8 heteroatoms. The summed E-state index contributed by atoms with van der Waals surface area (Å²) in [5.41, 5.74) is -1.37. The van der Waals surface area contributed by atoms with Crippen LogP contribution in [0.4, 0.5) is 26.3 Å². The molecule has 1 aromatic rings. The van der Waals surface area contributed by atoms with Crippen molar-refractivity contribution in [3.8, 4) is 0 Å². The van der Waals surface area contributed by atoms with Gasteiger partial charge in [0.05, 0.1) is 5.56 Å². The largest absolute Gasteiger partial charge is 0.450 e. The SMILES string of the molecule is CC(=O)OC(C(F)=C(F)F)c1ccc(C(F)(F)F)cc1. The minimum Gasteiger partial charge on any atom is -0.450 e. The first-order chi connectivity index (χ1) is 9.12. The molecule has 0 bridgehead atoms. The van der Waals surface area contributed by atoms with Gasteiger partial charge < -0.3 is 4.74 Å². The molecule has 0 aromatic heterocycles. The van der Waals surface area contributed by atoms with Crippen molar-refractivity contribution in [1.82, 2.24) is 0 Å². The molecule has 20 heavy (non-hydrogen) atoms. The molecular formula is C12H8F6O2. The predicted molar refractivity (Wildman–Crippen MR) is 56.3 cm³/mol. The quantitative estimate of drug-likeness (QED) is 0.611. The lowest BCUT2D eigenvalue weighted by molar-refractivity contribution is -0.146. The zero-order valence-electron chi connectivity index (χ0n) is 9.97. The van der Waals surface area contributed by atoms with Crippen molar-refractivity contribution in [3.63, 3.8) is 0 Å². The summed E-state index contributed by atoms with van der Waals surface area (Å²) < 4.78 is 79.0. The van der Waals surface area contributed by atoms with E-state index >= 15 is 0 Å². The maximum atomic E-state index is 13.2. The van der Waals surface area contributed by atoms with E-state index in [0.29, 0.717) is 12.1 Å². The highest BCUT2D eigenvalue weighted by Crippen LogP contribution is 2.33. The first kappa shape index (κ1) is 16.1. The Kier molecular flexibility index (Phi) is 4.80. The average molecular weight is 298 g/mol. The van der Waals surface area contributed by atoms with E-state index in [1.165, 1.54) is 0 Å². The molecule has 0 aliphatic carbocycles. The Hall–Kier alpha value is -1.99. The van der Waals surface area contributed by atoms with Gasteiger partial charge in [-0.1, -0.05) is 12.1 Å². The van der Waals surface area contributed by atoms with Crippen molar-refractivity contribution in [2.45, 2.75) is 19.2 Å². The van der Waals surface area contributed by atoms with E-state index in [1.807, 2.05) is 0 Å². The summed E-state index contributed by atoms with van der Waals surface area (Å²) in [4.78, 5) is 10.7. The summed E-state index contributed by atoms with van der Waals surface area (Å²) in [6.45, 7) is 0.862. The van der Waals surface area contributed by atoms with Crippen LogP contribution in [0.3, 0.4) is 0 Å². The van der Waals surface area contributed by atoms with Crippen LogP contribution in [0.2, 0.25) is 0 Å². The lowest BCUT2D eigenvalue weighted by Gasteiger charge is -2.16. The van der Waals surface area contributed by atoms with Gasteiger partial charge >= 0.3 is 18.2 Å². The van der Waals surface area contributed by atoms with E-state index in [-0.39, 0.29) is 5.56 Å². The number of hydrogen-bond acceptors (Lipinski definition) is 2. The normalized spacial score (nSPS) is 12.8. The number of carbonyl (C=O) groups is 1. The van der Waals surface area contributed by atoms with Crippen molar-refractivity contribution < 1.29 is 35.9 Å². The molecule has 0 spiro atoms. The van der Waals surface area contributed by atoms with Crippen LogP contribution >= 0.6 is 0 Å². The summed E-state index contributed by atoms with van der Waals surface area (Å²) in [5, 5.41) is 0. The number of rotatable bonds is 3. The molecule has 0 saturated heterocycles. The number of alkyl halides is 3. The van der Waals surface area contributed by atoms with Gasteiger partial charge in [0.25, 0.3) is 0 Å². The van der Waals surface area contributed by atoms with E-state index in [1.54, 1.807) is 0 Å². The van der Waals surface area contributed by atoms with Crippen LogP contribution in [0.15, 0.2) is 36.2 Å². The second-order valence-corrected chi connectivity index (χ2v) is 3.72. The van der Waals surface area contributed by atoms with Crippen molar-refractivity contribution in [2.75, 3.05) is 0 Å². The molecule has 1 aromatic carbocycles. The minimum atomic E-state index is -4.62. The van der Waals surface area contributed by atoms with Crippen LogP contribution in [-0.2, 0) is 15.7 Å². The topological polar surface area (TPSA) is 26.3 Å². The van der Waals surface area contributed by atoms with Crippen molar-refractivity contribution in [2.24, 2.45) is 0 Å². The number of ether oxygens (including phenoxy) is 1. The molecule has 1 rings (SSSR count). The average Bonchev–Trinajstić information content (AvgIpc) is 2.34. The molecule has 0 fully saturated rings. The molecule has 0 aliphatic heterocycles. The van der Waals surface area contributed by atoms with Crippen LogP contribution in [0.5, 0.6) is 0 Å². The summed E-state index contributed by atoms with van der Waals surface area (Å²) in [5.74, 6) is -3.08. The number of hydrogen-bond donors (Lipinski definition) is 0. The minimum absolute atomic E-state index is 0.335. The highest BCUT2D eigenvalue weighted by Gasteiger charge is 2.31. The molecule has 1 atom stereocenters. The summed E-state index contributed by atoms with van der Waals surface area (Å²) >= 11 is 0. The third-order valence-corrected chi connectivity index (χ3v) is 2.24. The maximum Gasteiger partial charge on any atom is 0.416 e. The molecular weight excluding hydrogens is 290 g/mol. The first-order valence-electron chi connectivity index (χ1n) is 5.18. The van der Waals surface area contributed by atoms with Gasteiger partial charge in [0, 0.05) is 6.92 Å². The Morgan fingerprint density at radius 3 is 1.95 bits per heavy atom. The van der Waals surface area contributed by atoms with E-state index in [0.717, 1.165) is 19.1 Å². The molecule has 0 heterocycles. The van der Waals surface area contributed by atoms with E-state index in [2.05, 4.69) is 4.74 Å². The van der Waals surface area contributed by atoms with Crippen molar-refractivity contribution >= 4 is 5.97 Å². The van der Waals surface area contributed by atoms with Crippen LogP contribution in [0, 0.1) is 0 Å². The maximum absolute atomic E-state index is 13.2. The van der Waals surface area contributed by atoms with Crippen LogP contribution < -0.4 is 0 Å². The number of esters is 1. The predicted octanol–water partition coefficient (Wildman–Crippen LogP) is 4.39. The standard InChI is InChI=1S/C12H8F6O2/c1-6(19)20-10(9(13)11(14)15)7-2-4-8(5-3-7)12(16,17)18/h2-5,10H,1H3. The molecule has 0 saturated carbocycles. The molecule has 0 radical (unpaired) electrons. The van der Waals surface area contributed by atoms with Gasteiger partial charge in [0.2, 0.25) is 5.83 Å². The third-order valence-electron chi connectivity index (χ3n) is 2.24. The lowest BCUT2D eigenvalue weighted by atomic mass is 10.1. The Labute approximate surface area is 109 Å². The van der Waals surface area contributed by atoms with Crippen molar-refractivity contribution in [1.29, 1.82) is 0 Å². The van der Waals surface area contributed by atoms with Gasteiger partial charge in [0.15, 0.2) is 6.10 Å². The molecule has 1 unspecified atom stereocenters. The smallest absolute Gasteiger partial charge is 0.416 e. The Morgan fingerprint density at radius 2 is 1.60 bits per heavy atom. The van der Waals surface area contributed by atoms with E-state index < -0.39 is 35.7 Å². The van der Waals surface area contributed by atoms with Gasteiger partial charge in [-0.25, -0.2) is 4.39 Å². The Bertz CT molecular complexity index is 514. The van der Waals surface area contributed by atoms with Gasteiger partial charge in [-0.2, -0.15) is 22.0 Å². The van der Waals surface area contributed by atoms with E-state index in [9.17, 15) is 31.1 Å². The fourth-order valence-corrected chi connectivity index (χ4v) is 1.38. The monoisotopic (exact) mass is 298 g/mol. The Morgan fingerprint density at radius 1 is 1.10 bits per heavy atom. The zero-order chi connectivity index (χ0) is 15.5. The summed E-state index contributed by atoms with van der Waals surface area (Å²) in [6.07, 6.45) is -9.40. The van der Waals surface area contributed by atoms with Crippen molar-refractivity contribution in [3.05, 3.63) is 47.3 Å². The third kappa shape index (κ3) is 4.01. The second-order valence-electron chi connectivity index (χ2n) is 3.72. The fraction of sp³-hybridized carbons (Fsp3) is 0.250. The summed E-state index contributed by atoms with van der Waals surface area (Å²) in [6, 6.07) is 2.68. The number of halogens is 6. The highest BCUT2D eigenvalue weighted by atomic mass is 19.4. The van der Waals surface area contributed by atoms with Gasteiger partial charge in [-0.05, 0) is 17.7 Å². The molecule has 110 valence electrons. The van der Waals surface area contributed by atoms with E-state index in [4.69, 9.17) is 0 Å².